The van der Waals surface area contributed by atoms with Crippen LogP contribution in [0.2, 0.25) is 0 Å². The first-order valence-corrected chi connectivity index (χ1v) is 35.5. The summed E-state index contributed by atoms with van der Waals surface area (Å²) in [6.45, 7) is 19.8. The normalized spacial score (nSPS) is 14.0. The summed E-state index contributed by atoms with van der Waals surface area (Å²) in [6, 6.07) is 14.9. The molecular weight excluding hydrogens is 1850 g/mol. The molecule has 0 bridgehead atoms. The minimum atomic E-state index is -4.69. The van der Waals surface area contributed by atoms with Crippen molar-refractivity contribution in [2.24, 2.45) is 23.6 Å². The summed E-state index contributed by atoms with van der Waals surface area (Å²) in [4.78, 5) is 31.1. The lowest BCUT2D eigenvalue weighted by atomic mass is 9.80. The van der Waals surface area contributed by atoms with Gasteiger partial charge in [0.2, 0.25) is 17.5 Å². The molecule has 115 heavy (non-hydrogen) atoms. The maximum atomic E-state index is 14.4. The van der Waals surface area contributed by atoms with Crippen molar-refractivity contribution in [3.05, 3.63) is 140 Å². The van der Waals surface area contributed by atoms with Crippen LogP contribution in [0.1, 0.15) is 115 Å². The zero-order chi connectivity index (χ0) is 86.1. The van der Waals surface area contributed by atoms with E-state index < -0.39 is 124 Å². The first-order valence-electron chi connectivity index (χ1n) is 31.9. The SMILES string of the molecule is C.C.CC(C)CO.CC(C)COC(F)(F)c1nnc2ccc(-c3cnc(O[C@@H](C)C(F)(F)F)c(F)c3)cn12.CC(C)COC(F)(F)c1nnc2ccc(Br)cn12.C[C@H](Oc1ncc(B2OC(C)(C)C(C)(C)O2)cc1F)C(F)(F)F.FC(F)(Cl)c1nnc2ccc(Br)cn12.NNc1ccc(Br)cn1.O=C(OC(=O)C(F)(F)Cl)C(F)(F)Cl. The van der Waals surface area contributed by atoms with Crippen LogP contribution >= 0.6 is 82.6 Å². The summed E-state index contributed by atoms with van der Waals surface area (Å²) in [7, 11) is -0.851. The molecule has 0 spiro atoms. The maximum Gasteiger partial charge on any atom is 0.496 e. The number of hydrogen-bond donors (Lipinski definition) is 3. The molecule has 10 rings (SSSR count). The van der Waals surface area contributed by atoms with Gasteiger partial charge in [0.05, 0.1) is 24.4 Å². The van der Waals surface area contributed by atoms with Crippen molar-refractivity contribution in [1.29, 1.82) is 0 Å². The quantitative estimate of drug-likeness (QED) is 0.0129. The molecule has 0 aromatic carbocycles. The van der Waals surface area contributed by atoms with Crippen molar-refractivity contribution in [2.75, 3.05) is 25.2 Å². The minimum absolute atomic E-state index is 0. The van der Waals surface area contributed by atoms with Gasteiger partial charge < -0.3 is 43.5 Å². The number of esters is 2. The third-order valence-electron chi connectivity index (χ3n) is 14.0. The number of fused-ring (bicyclic) bond motifs is 3. The Morgan fingerprint density at radius 1 is 0.530 bits per heavy atom. The number of alkyl halides is 19. The van der Waals surface area contributed by atoms with Crippen molar-refractivity contribution in [3.63, 3.8) is 0 Å². The van der Waals surface area contributed by atoms with Gasteiger partial charge in [-0.3, -0.25) is 13.2 Å². The Kier molecular flexibility index (Phi) is 38.7. The van der Waals surface area contributed by atoms with Crippen LogP contribution in [0.3, 0.4) is 0 Å². The average molecular weight is 1920 g/mol. The molecule has 2 atom stereocenters. The van der Waals surface area contributed by atoms with E-state index in [1.165, 1.54) is 41.3 Å². The lowest BCUT2D eigenvalue weighted by Gasteiger charge is -2.32. The minimum Gasteiger partial charge on any atom is -0.463 e. The number of rotatable bonds is 19. The third-order valence-corrected chi connectivity index (χ3v) is 15.9. The topological polar surface area (TPSA) is 286 Å². The second-order valence-electron chi connectivity index (χ2n) is 25.3. The summed E-state index contributed by atoms with van der Waals surface area (Å²) in [5.41, 5.74) is 2.59. The molecule has 9 aromatic rings. The number of nitrogens with zero attached hydrogens (tertiary/aromatic N) is 12. The molecule has 0 radical (unpaired) electrons. The molecular formula is C66H75BBr3Cl3F18N14O10. The lowest BCUT2D eigenvalue weighted by Crippen LogP contribution is -2.41. The highest BCUT2D eigenvalue weighted by molar-refractivity contribution is 9.11. The first kappa shape index (κ1) is 104. The number of pyridine rings is 6. The van der Waals surface area contributed by atoms with Gasteiger partial charge in [-0.1, -0.05) is 56.4 Å². The van der Waals surface area contributed by atoms with Crippen LogP contribution < -0.4 is 26.2 Å². The van der Waals surface area contributed by atoms with Gasteiger partial charge >= 0.3 is 59.8 Å². The number of nitrogens with one attached hydrogen (secondary N) is 1. The number of anilines is 1. The second-order valence-corrected chi connectivity index (χ2v) is 29.5. The Bertz CT molecular complexity index is 4550. The number of carbonyl (C=O) groups excluding carboxylic acids is 2. The van der Waals surface area contributed by atoms with Crippen molar-refractivity contribution >= 4 is 130 Å². The molecule has 0 amide bonds. The van der Waals surface area contributed by atoms with E-state index in [0.29, 0.717) is 38.6 Å². The summed E-state index contributed by atoms with van der Waals surface area (Å²) in [5, 5.41) is 16.8. The van der Waals surface area contributed by atoms with Crippen LogP contribution in [0.5, 0.6) is 11.8 Å². The number of nitrogen functional groups attached to an aromatic ring is 1. The number of aliphatic hydroxyl groups excluding tert-OH is 1. The molecule has 0 saturated carbocycles. The summed E-state index contributed by atoms with van der Waals surface area (Å²) in [5.74, 6) is -4.72. The van der Waals surface area contributed by atoms with Crippen LogP contribution in [-0.4, -0.2) is 149 Å². The van der Waals surface area contributed by atoms with E-state index in [2.05, 4.69) is 146 Å². The molecule has 1 fully saturated rings. The van der Waals surface area contributed by atoms with Gasteiger partial charge in [0.25, 0.3) is 11.8 Å². The summed E-state index contributed by atoms with van der Waals surface area (Å²) in [6.07, 6.45) is -12.8. The molecule has 1 saturated heterocycles. The highest BCUT2D eigenvalue weighted by Crippen LogP contribution is 2.39. The monoisotopic (exact) mass is 1920 g/mol. The maximum absolute atomic E-state index is 14.4. The van der Waals surface area contributed by atoms with E-state index in [4.69, 9.17) is 31.9 Å². The number of nitrogens with two attached hydrogens (primary N) is 1. The van der Waals surface area contributed by atoms with Crippen molar-refractivity contribution in [1.82, 2.24) is 58.7 Å². The average Bonchev–Trinajstić information content (AvgIpc) is 1.63. The number of halogens is 24. The van der Waals surface area contributed by atoms with E-state index in [-0.39, 0.29) is 62.1 Å². The molecule has 49 heteroatoms. The summed E-state index contributed by atoms with van der Waals surface area (Å²) >= 11 is 22.5. The summed E-state index contributed by atoms with van der Waals surface area (Å²) < 4.78 is 271. The molecule has 24 nitrogen and oxygen atoms in total. The third kappa shape index (κ3) is 31.8. The Balaban J connectivity index is 0.000000478. The van der Waals surface area contributed by atoms with Gasteiger partial charge in [-0.2, -0.15) is 70.2 Å². The van der Waals surface area contributed by atoms with Gasteiger partial charge in [-0.05, 0) is 203 Å². The number of aromatic nitrogens is 12. The van der Waals surface area contributed by atoms with Gasteiger partial charge in [0.15, 0.2) is 40.8 Å². The van der Waals surface area contributed by atoms with Crippen LogP contribution in [0, 0.1) is 29.4 Å². The number of aliphatic hydroxyl groups is 1. The van der Waals surface area contributed by atoms with E-state index in [9.17, 15) is 88.6 Å². The Hall–Kier alpha value is -7.28. The molecule has 1 aliphatic heterocycles. The molecule has 4 N–H and O–H groups in total. The van der Waals surface area contributed by atoms with Crippen molar-refractivity contribution < 1.29 is 127 Å². The highest BCUT2D eigenvalue weighted by Gasteiger charge is 2.53. The Morgan fingerprint density at radius 3 is 1.25 bits per heavy atom. The van der Waals surface area contributed by atoms with E-state index in [0.717, 1.165) is 45.5 Å². The smallest absolute Gasteiger partial charge is 0.463 e. The Labute approximate surface area is 685 Å². The number of ether oxygens (including phenoxy) is 5. The largest absolute Gasteiger partial charge is 0.496 e. The predicted molar refractivity (Wildman–Crippen MR) is 397 cm³/mol. The van der Waals surface area contributed by atoms with Gasteiger partial charge in [0.1, 0.15) is 5.82 Å². The van der Waals surface area contributed by atoms with Gasteiger partial charge in [-0.15, -0.1) is 30.6 Å². The van der Waals surface area contributed by atoms with Gasteiger partial charge in [-0.25, -0.2) is 39.2 Å². The van der Waals surface area contributed by atoms with E-state index in [1.54, 1.807) is 64.2 Å². The van der Waals surface area contributed by atoms with Crippen LogP contribution in [0.25, 0.3) is 28.1 Å². The van der Waals surface area contributed by atoms with Gasteiger partial charge in [0, 0.05) is 73.8 Å². The Morgan fingerprint density at radius 2 is 0.904 bits per heavy atom. The fraction of sp³-hybridized carbons (Fsp3) is 0.470. The predicted octanol–water partition coefficient (Wildman–Crippen LogP) is 18.6. The standard InChI is InChI=1S/C19H18F6N4O2.C14H18BF4NO3.C11H12BrF2N3O.C7H3BrClF2N3.C5H6BrN3.C4Cl2F4O3.C4H10O.2CH4/c1-10(2)9-30-19(24,25)17-28-27-15-5-4-12(8-29(15)17)13-6-14(20)16(26-7-13)31-11(3)18(21,22)23;1-8(14(17,18)19)21-11-10(16)6-9(7-20-11)15-22-12(2,3)13(4,5)23-15;1-7(2)6-18-11(13,14)10-16-15-9-4-3-8(12)5-17(9)10;8-4-1-2-5-12-13-6(7(9,10)11)14(5)3-4;6-4-1-2-5(9-7)8-3-4;5-3(7,8)1(11)13-2(12)4(6,9)10;1-4(2)3-5;;/h4-8,10-11H,9H2,1-3H3;6-8H,1-5H3;3-5,7H,6H2,1-2H3;1-3H;1-3H,7H2,(H,8,9);;4-5H,3H2,1-2H3;2*1H4/t11-;8-;;;;;;;/m00......./s1. The van der Waals surface area contributed by atoms with E-state index >= 15 is 0 Å². The number of carbonyl (C=O) groups is 2. The fourth-order valence-electron chi connectivity index (χ4n) is 7.49. The number of hydrogen-bond acceptors (Lipinski definition) is 21. The van der Waals surface area contributed by atoms with E-state index in [1.807, 2.05) is 47.6 Å². The lowest BCUT2D eigenvalue weighted by molar-refractivity contribution is -0.259. The number of hydrazine groups is 1. The molecule has 640 valence electrons. The molecule has 1 aliphatic rings. The zero-order valence-electron chi connectivity index (χ0n) is 60.5. The van der Waals surface area contributed by atoms with Crippen molar-refractivity contribution in [3.8, 4) is 22.9 Å². The fourth-order valence-corrected chi connectivity index (χ4v) is 8.60. The molecule has 0 aliphatic carbocycles. The molecule has 0 unspecified atom stereocenters. The second kappa shape index (κ2) is 42.9. The van der Waals surface area contributed by atoms with Crippen LogP contribution in [-0.2, 0) is 50.7 Å². The molecule has 9 aromatic heterocycles. The van der Waals surface area contributed by atoms with Crippen molar-refractivity contribution in [2.45, 2.75) is 162 Å². The van der Waals surface area contributed by atoms with Crippen LogP contribution in [0.4, 0.5) is 84.8 Å². The molecule has 10 heterocycles. The highest BCUT2D eigenvalue weighted by atomic mass is 79.9. The van der Waals surface area contributed by atoms with Crippen LogP contribution in [0.15, 0.2) is 111 Å². The first-order chi connectivity index (χ1) is 51.7. The zero-order valence-corrected chi connectivity index (χ0v) is 67.5.